The van der Waals surface area contributed by atoms with Gasteiger partial charge in [-0.15, -0.1) is 0 Å². The summed E-state index contributed by atoms with van der Waals surface area (Å²) in [7, 11) is 0. The third kappa shape index (κ3) is 4.33. The third-order valence-corrected chi connectivity index (χ3v) is 7.03. The number of thiocarbonyl (C=S) groups is 1. The second-order valence-corrected chi connectivity index (χ2v) is 9.60. The molecule has 1 unspecified atom stereocenters. The highest BCUT2D eigenvalue weighted by Crippen LogP contribution is 2.34. The number of furan rings is 1. The number of carbonyl (C=O) groups is 1. The minimum absolute atomic E-state index is 0.0708. The number of nitrogens with one attached hydrogen (secondary N) is 1. The maximum absolute atomic E-state index is 13.4. The van der Waals surface area contributed by atoms with E-state index in [1.54, 1.807) is 36.7 Å². The molecular weight excluding hydrogens is 460 g/mol. The predicted octanol–water partition coefficient (Wildman–Crippen LogP) is 3.59. The van der Waals surface area contributed by atoms with E-state index < -0.39 is 0 Å². The molecule has 2 aliphatic rings. The van der Waals surface area contributed by atoms with E-state index in [0.717, 1.165) is 25.0 Å². The first-order valence-electron chi connectivity index (χ1n) is 10.7. The smallest absolute Gasteiger partial charge is 0.267 e. The van der Waals surface area contributed by atoms with Crippen molar-refractivity contribution in [3.05, 3.63) is 68.9 Å². The molecule has 1 amide bonds. The summed E-state index contributed by atoms with van der Waals surface area (Å²) >= 11 is 6.59. The molecule has 1 N–H and O–H groups in total. The molecule has 2 aliphatic heterocycles. The molecular formula is C23H22N4O4S2. The number of hydrogen-bond acceptors (Lipinski definition) is 8. The molecule has 2 saturated heterocycles. The molecule has 10 heteroatoms. The number of hydrogen-bond donors (Lipinski definition) is 1. The maximum Gasteiger partial charge on any atom is 0.267 e. The van der Waals surface area contributed by atoms with Crippen LogP contribution >= 0.6 is 24.0 Å². The summed E-state index contributed by atoms with van der Waals surface area (Å²) in [5.74, 6) is 0.802. The second kappa shape index (κ2) is 9.12. The summed E-state index contributed by atoms with van der Waals surface area (Å²) < 4.78 is 13.0. The number of thioether (sulfide) groups is 1. The molecule has 5 heterocycles. The molecule has 0 saturated carbocycles. The first-order chi connectivity index (χ1) is 16.0. The molecule has 0 aliphatic carbocycles. The highest BCUT2D eigenvalue weighted by molar-refractivity contribution is 8.26. The number of carbonyl (C=O) groups excluding carboxylic acids is 1. The van der Waals surface area contributed by atoms with Crippen LogP contribution in [0.5, 0.6) is 0 Å². The molecule has 170 valence electrons. The SMILES string of the molecule is Cc1cccn2c(=O)c(/C=C3\SC(=S)N(Cc4ccco4)C3=O)c(NCC3CCCO3)nc12. The molecule has 1 atom stereocenters. The molecule has 2 fully saturated rings. The monoisotopic (exact) mass is 482 g/mol. The number of ether oxygens (including phenoxy) is 1. The van der Waals surface area contributed by atoms with Crippen LogP contribution in [0, 0.1) is 6.92 Å². The highest BCUT2D eigenvalue weighted by atomic mass is 32.2. The van der Waals surface area contributed by atoms with Crippen molar-refractivity contribution in [2.75, 3.05) is 18.5 Å². The third-order valence-electron chi connectivity index (χ3n) is 5.65. The Morgan fingerprint density at radius 1 is 1.33 bits per heavy atom. The van der Waals surface area contributed by atoms with Gasteiger partial charge in [0.15, 0.2) is 0 Å². The van der Waals surface area contributed by atoms with Crippen LogP contribution in [0.25, 0.3) is 11.7 Å². The lowest BCUT2D eigenvalue weighted by atomic mass is 10.2. The van der Waals surface area contributed by atoms with Crippen molar-refractivity contribution >= 4 is 51.7 Å². The summed E-state index contributed by atoms with van der Waals surface area (Å²) in [4.78, 5) is 33.1. The van der Waals surface area contributed by atoms with E-state index in [1.807, 2.05) is 13.0 Å². The molecule has 5 rings (SSSR count). The van der Waals surface area contributed by atoms with Crippen LogP contribution in [0.4, 0.5) is 5.82 Å². The van der Waals surface area contributed by atoms with Crippen LogP contribution in [0.1, 0.15) is 29.7 Å². The number of amides is 1. The lowest BCUT2D eigenvalue weighted by Gasteiger charge is -2.15. The van der Waals surface area contributed by atoms with Crippen LogP contribution in [-0.4, -0.2) is 43.8 Å². The Morgan fingerprint density at radius 3 is 2.97 bits per heavy atom. The Balaban J connectivity index is 1.53. The Kier molecular flexibility index (Phi) is 6.05. The molecule has 8 nitrogen and oxygen atoms in total. The fourth-order valence-corrected chi connectivity index (χ4v) is 5.15. The van der Waals surface area contributed by atoms with E-state index in [0.29, 0.717) is 38.6 Å². The van der Waals surface area contributed by atoms with E-state index in [9.17, 15) is 9.59 Å². The molecule has 0 radical (unpaired) electrons. The first-order valence-corrected chi connectivity index (χ1v) is 11.9. The fourth-order valence-electron chi connectivity index (χ4n) is 3.92. The lowest BCUT2D eigenvalue weighted by molar-refractivity contribution is -0.122. The normalized spacial score (nSPS) is 19.8. The first kappa shape index (κ1) is 21.9. The van der Waals surface area contributed by atoms with Gasteiger partial charge in [0.2, 0.25) is 0 Å². The van der Waals surface area contributed by atoms with Gasteiger partial charge in [0.25, 0.3) is 11.5 Å². The van der Waals surface area contributed by atoms with Crippen molar-refractivity contribution < 1.29 is 13.9 Å². The summed E-state index contributed by atoms with van der Waals surface area (Å²) in [5, 5.41) is 3.29. The fraction of sp³-hybridized carbons (Fsp3) is 0.304. The number of anilines is 1. The number of aryl methyl sites for hydroxylation is 1. The second-order valence-electron chi connectivity index (χ2n) is 7.93. The Labute approximate surface area is 199 Å². The topological polar surface area (TPSA) is 89.1 Å². The van der Waals surface area contributed by atoms with Gasteiger partial charge in [-0.05, 0) is 49.6 Å². The van der Waals surface area contributed by atoms with Gasteiger partial charge < -0.3 is 14.5 Å². The zero-order chi connectivity index (χ0) is 22.9. The van der Waals surface area contributed by atoms with Crippen LogP contribution in [-0.2, 0) is 16.1 Å². The molecule has 0 bridgehead atoms. The zero-order valence-corrected chi connectivity index (χ0v) is 19.6. The highest BCUT2D eigenvalue weighted by Gasteiger charge is 2.33. The Hall–Kier alpha value is -2.95. The van der Waals surface area contributed by atoms with Crippen molar-refractivity contribution in [3.8, 4) is 0 Å². The molecule has 3 aromatic heterocycles. The largest absolute Gasteiger partial charge is 0.467 e. The number of aromatic nitrogens is 2. The van der Waals surface area contributed by atoms with Gasteiger partial charge in [0.05, 0.1) is 29.4 Å². The molecule has 3 aromatic rings. The van der Waals surface area contributed by atoms with E-state index in [1.165, 1.54) is 21.1 Å². The predicted molar refractivity (Wildman–Crippen MR) is 131 cm³/mol. The van der Waals surface area contributed by atoms with Crippen LogP contribution < -0.4 is 10.9 Å². The summed E-state index contributed by atoms with van der Waals surface area (Å²) in [6.07, 6.45) is 6.87. The van der Waals surface area contributed by atoms with Crippen LogP contribution in [0.15, 0.2) is 50.8 Å². The van der Waals surface area contributed by atoms with Gasteiger partial charge in [-0.1, -0.05) is 30.0 Å². The van der Waals surface area contributed by atoms with Gasteiger partial charge in [-0.2, -0.15) is 0 Å². The Bertz CT molecular complexity index is 1310. The minimum atomic E-state index is -0.264. The van der Waals surface area contributed by atoms with E-state index in [4.69, 9.17) is 26.4 Å². The van der Waals surface area contributed by atoms with Gasteiger partial charge in [0.1, 0.15) is 21.5 Å². The number of rotatable bonds is 6. The van der Waals surface area contributed by atoms with Crippen molar-refractivity contribution in [2.45, 2.75) is 32.4 Å². The molecule has 0 spiro atoms. The Morgan fingerprint density at radius 2 is 2.21 bits per heavy atom. The van der Waals surface area contributed by atoms with Gasteiger partial charge in [-0.3, -0.25) is 18.9 Å². The quantitative estimate of drug-likeness (QED) is 0.421. The zero-order valence-electron chi connectivity index (χ0n) is 17.9. The van der Waals surface area contributed by atoms with E-state index in [-0.39, 0.29) is 24.1 Å². The van der Waals surface area contributed by atoms with Crippen LogP contribution in [0.3, 0.4) is 0 Å². The van der Waals surface area contributed by atoms with Crippen molar-refractivity contribution in [2.24, 2.45) is 0 Å². The van der Waals surface area contributed by atoms with Crippen molar-refractivity contribution in [3.63, 3.8) is 0 Å². The average Bonchev–Trinajstić information content (AvgIpc) is 3.55. The number of pyridine rings is 1. The minimum Gasteiger partial charge on any atom is -0.467 e. The van der Waals surface area contributed by atoms with Gasteiger partial charge >= 0.3 is 0 Å². The number of fused-ring (bicyclic) bond motifs is 1. The van der Waals surface area contributed by atoms with Gasteiger partial charge in [-0.25, -0.2) is 4.98 Å². The maximum atomic E-state index is 13.4. The molecule has 33 heavy (non-hydrogen) atoms. The summed E-state index contributed by atoms with van der Waals surface area (Å²) in [5.41, 5.74) is 1.51. The standard InChI is InChI=1S/C23H22N4O4S2/c1-14-5-2-8-26-20(14)25-19(24-12-15-6-3-9-30-15)17(21(26)28)11-18-22(29)27(23(32)33-18)13-16-7-4-10-31-16/h2,4-5,7-8,10-11,15,24H,3,6,9,12-13H2,1H3/b18-11-. The van der Waals surface area contributed by atoms with Crippen molar-refractivity contribution in [1.29, 1.82) is 0 Å². The average molecular weight is 483 g/mol. The van der Waals surface area contributed by atoms with E-state index >= 15 is 0 Å². The summed E-state index contributed by atoms with van der Waals surface area (Å²) in [6.45, 7) is 3.43. The van der Waals surface area contributed by atoms with E-state index in [2.05, 4.69) is 5.32 Å². The number of nitrogens with zero attached hydrogens (tertiary/aromatic N) is 3. The summed E-state index contributed by atoms with van der Waals surface area (Å²) in [6, 6.07) is 7.26. The van der Waals surface area contributed by atoms with Crippen LogP contribution in [0.2, 0.25) is 0 Å². The van der Waals surface area contributed by atoms with Gasteiger partial charge in [0, 0.05) is 19.3 Å². The van der Waals surface area contributed by atoms with Crippen molar-refractivity contribution in [1.82, 2.24) is 14.3 Å². The lowest BCUT2D eigenvalue weighted by Crippen LogP contribution is -2.27. The molecule has 0 aromatic carbocycles.